The van der Waals surface area contributed by atoms with Gasteiger partial charge >= 0.3 is 0 Å². The summed E-state index contributed by atoms with van der Waals surface area (Å²) in [4.78, 5) is 0. The van der Waals surface area contributed by atoms with Crippen LogP contribution in [0.4, 0.5) is 0 Å². The summed E-state index contributed by atoms with van der Waals surface area (Å²) in [5.74, 6) is 1.63. The fourth-order valence-corrected chi connectivity index (χ4v) is 2.14. The summed E-state index contributed by atoms with van der Waals surface area (Å²) in [6.45, 7) is 1.17. The van der Waals surface area contributed by atoms with E-state index in [4.69, 9.17) is 16.3 Å². The second kappa shape index (κ2) is 5.81. The maximum absolute atomic E-state index is 6.06. The molecule has 0 amide bonds. The van der Waals surface area contributed by atoms with Crippen LogP contribution in [0.2, 0.25) is 5.02 Å². The minimum atomic E-state index is 0.397. The lowest BCUT2D eigenvalue weighted by atomic mass is 10.2. The molecule has 1 aromatic heterocycles. The molecule has 3 rings (SSSR count). The van der Waals surface area contributed by atoms with E-state index in [1.54, 1.807) is 6.33 Å². The quantitative estimate of drug-likeness (QED) is 0.887. The summed E-state index contributed by atoms with van der Waals surface area (Å²) in [5, 5.41) is 12.0. The lowest BCUT2D eigenvalue weighted by Gasteiger charge is -2.12. The molecule has 1 heterocycles. The van der Waals surface area contributed by atoms with Crippen LogP contribution in [-0.4, -0.2) is 20.8 Å². The zero-order valence-corrected chi connectivity index (χ0v) is 12.1. The van der Waals surface area contributed by atoms with E-state index in [2.05, 4.69) is 15.5 Å². The van der Waals surface area contributed by atoms with Crippen LogP contribution in [0.5, 0.6) is 5.75 Å². The Morgan fingerprint density at radius 3 is 3.00 bits per heavy atom. The Morgan fingerprint density at radius 1 is 1.45 bits per heavy atom. The van der Waals surface area contributed by atoms with Crippen molar-refractivity contribution in [1.29, 1.82) is 0 Å². The Hall–Kier alpha value is -1.59. The summed E-state index contributed by atoms with van der Waals surface area (Å²) in [5.41, 5.74) is 1.08. The topological polar surface area (TPSA) is 52.0 Å². The first-order valence-electron chi connectivity index (χ1n) is 6.70. The van der Waals surface area contributed by atoms with E-state index < -0.39 is 0 Å². The van der Waals surface area contributed by atoms with E-state index >= 15 is 0 Å². The van der Waals surface area contributed by atoms with Crippen molar-refractivity contribution >= 4 is 11.6 Å². The molecule has 0 aliphatic heterocycles. The van der Waals surface area contributed by atoms with Crippen molar-refractivity contribution in [3.63, 3.8) is 0 Å². The molecule has 5 nitrogen and oxygen atoms in total. The number of nitrogens with zero attached hydrogens (tertiary/aromatic N) is 3. The molecule has 2 aromatic rings. The molecule has 0 atom stereocenters. The first-order chi connectivity index (χ1) is 9.72. The van der Waals surface area contributed by atoms with Crippen LogP contribution in [0.25, 0.3) is 0 Å². The predicted molar refractivity (Wildman–Crippen MR) is 76.6 cm³/mol. The van der Waals surface area contributed by atoms with Crippen molar-refractivity contribution in [3.05, 3.63) is 40.9 Å². The van der Waals surface area contributed by atoms with Crippen LogP contribution in [0.1, 0.15) is 24.2 Å². The minimum absolute atomic E-state index is 0.397. The number of halogens is 1. The Labute approximate surface area is 122 Å². The highest BCUT2D eigenvalue weighted by Crippen LogP contribution is 2.25. The highest BCUT2D eigenvalue weighted by Gasteiger charge is 2.20. The van der Waals surface area contributed by atoms with Gasteiger partial charge in [-0.05, 0) is 31.0 Å². The summed E-state index contributed by atoms with van der Waals surface area (Å²) >= 11 is 6.06. The number of hydrogen-bond donors (Lipinski definition) is 1. The number of aryl methyl sites for hydroxylation is 1. The molecule has 1 aliphatic rings. The summed E-state index contributed by atoms with van der Waals surface area (Å²) in [6, 6.07) is 6.35. The van der Waals surface area contributed by atoms with Gasteiger partial charge in [-0.1, -0.05) is 11.6 Å². The number of rotatable bonds is 6. The summed E-state index contributed by atoms with van der Waals surface area (Å²) < 4.78 is 7.69. The molecule has 1 aliphatic carbocycles. The van der Waals surface area contributed by atoms with Crippen LogP contribution >= 0.6 is 11.6 Å². The normalized spacial score (nSPS) is 14.5. The summed E-state index contributed by atoms with van der Waals surface area (Å²) in [7, 11) is 1.90. The number of hydrogen-bond acceptors (Lipinski definition) is 4. The van der Waals surface area contributed by atoms with Crippen molar-refractivity contribution in [2.75, 3.05) is 0 Å². The third kappa shape index (κ3) is 3.29. The predicted octanol–water partition coefficient (Wildman–Crippen LogP) is 2.30. The van der Waals surface area contributed by atoms with E-state index in [0.717, 1.165) is 28.7 Å². The molecule has 6 heteroatoms. The number of aromatic nitrogens is 3. The molecule has 0 spiro atoms. The summed E-state index contributed by atoms with van der Waals surface area (Å²) in [6.07, 6.45) is 4.18. The van der Waals surface area contributed by atoms with Gasteiger partial charge < -0.3 is 14.6 Å². The third-order valence-electron chi connectivity index (χ3n) is 3.34. The number of nitrogens with one attached hydrogen (secondary N) is 1. The first-order valence-corrected chi connectivity index (χ1v) is 7.07. The molecule has 1 aromatic carbocycles. The Bertz CT molecular complexity index is 595. The maximum Gasteiger partial charge on any atom is 0.170 e. The SMILES string of the molecule is Cn1cnnc1COc1ccc(Cl)cc1CNC1CC1. The van der Waals surface area contributed by atoms with Crippen LogP contribution in [-0.2, 0) is 20.2 Å². The molecule has 0 saturated heterocycles. The van der Waals surface area contributed by atoms with Gasteiger partial charge in [-0.15, -0.1) is 10.2 Å². The largest absolute Gasteiger partial charge is 0.485 e. The standard InChI is InChI=1S/C14H17ClN4O/c1-19-9-17-18-14(19)8-20-13-5-2-11(15)6-10(13)7-16-12-3-4-12/h2,5-6,9,12,16H,3-4,7-8H2,1H3. The van der Waals surface area contributed by atoms with Crippen molar-refractivity contribution in [2.45, 2.75) is 32.0 Å². The van der Waals surface area contributed by atoms with Crippen molar-refractivity contribution in [3.8, 4) is 5.75 Å². The molecular formula is C14H17ClN4O. The zero-order valence-electron chi connectivity index (χ0n) is 11.3. The molecule has 0 radical (unpaired) electrons. The molecule has 0 unspecified atom stereocenters. The van der Waals surface area contributed by atoms with Gasteiger partial charge in [0.2, 0.25) is 0 Å². The van der Waals surface area contributed by atoms with Crippen molar-refractivity contribution in [2.24, 2.45) is 7.05 Å². The Morgan fingerprint density at radius 2 is 2.30 bits per heavy atom. The van der Waals surface area contributed by atoms with Gasteiger partial charge in [-0.3, -0.25) is 0 Å². The van der Waals surface area contributed by atoms with Crippen LogP contribution in [0.15, 0.2) is 24.5 Å². The molecule has 1 saturated carbocycles. The Balaban J connectivity index is 1.68. The second-order valence-corrected chi connectivity index (χ2v) is 5.49. The van der Waals surface area contributed by atoms with Gasteiger partial charge in [0.25, 0.3) is 0 Å². The number of ether oxygens (including phenoxy) is 1. The van der Waals surface area contributed by atoms with E-state index in [9.17, 15) is 0 Å². The molecule has 1 N–H and O–H groups in total. The van der Waals surface area contributed by atoms with Gasteiger partial charge in [-0.25, -0.2) is 0 Å². The smallest absolute Gasteiger partial charge is 0.170 e. The van der Waals surface area contributed by atoms with Gasteiger partial charge in [0.1, 0.15) is 18.7 Å². The van der Waals surface area contributed by atoms with Crippen molar-refractivity contribution < 1.29 is 4.74 Å². The van der Waals surface area contributed by atoms with Crippen LogP contribution < -0.4 is 10.1 Å². The van der Waals surface area contributed by atoms with E-state index in [-0.39, 0.29) is 0 Å². The zero-order chi connectivity index (χ0) is 13.9. The third-order valence-corrected chi connectivity index (χ3v) is 3.58. The number of benzene rings is 1. The van der Waals surface area contributed by atoms with Crippen LogP contribution in [0.3, 0.4) is 0 Å². The average molecular weight is 293 g/mol. The fourth-order valence-electron chi connectivity index (χ4n) is 1.95. The van der Waals surface area contributed by atoms with Gasteiger partial charge in [0.05, 0.1) is 0 Å². The monoisotopic (exact) mass is 292 g/mol. The fraction of sp³-hybridized carbons (Fsp3) is 0.429. The van der Waals surface area contributed by atoms with Gasteiger partial charge in [0, 0.05) is 30.2 Å². The van der Waals surface area contributed by atoms with E-state index in [1.165, 1.54) is 12.8 Å². The molecule has 20 heavy (non-hydrogen) atoms. The van der Waals surface area contributed by atoms with E-state index in [1.807, 2.05) is 29.8 Å². The van der Waals surface area contributed by atoms with Crippen LogP contribution in [0, 0.1) is 0 Å². The lowest BCUT2D eigenvalue weighted by Crippen LogP contribution is -2.16. The molecule has 106 valence electrons. The molecule has 1 fully saturated rings. The molecular weight excluding hydrogens is 276 g/mol. The highest BCUT2D eigenvalue weighted by atomic mass is 35.5. The lowest BCUT2D eigenvalue weighted by molar-refractivity contribution is 0.287. The minimum Gasteiger partial charge on any atom is -0.485 e. The van der Waals surface area contributed by atoms with Gasteiger partial charge in [0.15, 0.2) is 5.82 Å². The first kappa shape index (κ1) is 13.4. The second-order valence-electron chi connectivity index (χ2n) is 5.05. The average Bonchev–Trinajstić information content (AvgIpc) is 3.18. The Kier molecular flexibility index (Phi) is 3.89. The van der Waals surface area contributed by atoms with E-state index in [0.29, 0.717) is 12.6 Å². The van der Waals surface area contributed by atoms with Gasteiger partial charge in [-0.2, -0.15) is 0 Å². The highest BCUT2D eigenvalue weighted by molar-refractivity contribution is 6.30. The molecule has 0 bridgehead atoms. The maximum atomic E-state index is 6.06. The van der Waals surface area contributed by atoms with Crippen molar-refractivity contribution in [1.82, 2.24) is 20.1 Å².